The molecule has 23 heavy (non-hydrogen) atoms. The van der Waals surface area contributed by atoms with Crippen LogP contribution in [0, 0.1) is 5.92 Å². The summed E-state index contributed by atoms with van der Waals surface area (Å²) in [7, 11) is 0. The Morgan fingerprint density at radius 3 is 2.57 bits per heavy atom. The minimum Gasteiger partial charge on any atom is -0.329 e. The van der Waals surface area contributed by atoms with Crippen LogP contribution in [0.4, 0.5) is 0 Å². The predicted octanol–water partition coefficient (Wildman–Crippen LogP) is 3.77. The Morgan fingerprint density at radius 2 is 1.91 bits per heavy atom. The summed E-state index contributed by atoms with van der Waals surface area (Å²) in [6.07, 6.45) is 4.18. The maximum atomic E-state index is 5.77. The maximum Gasteiger partial charge on any atom is 0.0930 e. The van der Waals surface area contributed by atoms with E-state index < -0.39 is 0 Å². The fourth-order valence-electron chi connectivity index (χ4n) is 2.47. The highest BCUT2D eigenvalue weighted by molar-refractivity contribution is 7.11. The molecule has 0 fully saturated rings. The highest BCUT2D eigenvalue weighted by Crippen LogP contribution is 2.18. The molecule has 0 aliphatic carbocycles. The molecule has 0 bridgehead atoms. The Balaban J connectivity index is 0.00000264. The van der Waals surface area contributed by atoms with Gasteiger partial charge >= 0.3 is 0 Å². The van der Waals surface area contributed by atoms with E-state index in [0.29, 0.717) is 12.5 Å². The first-order chi connectivity index (χ1) is 10.7. The molecule has 0 aliphatic heterocycles. The molecule has 2 aromatic rings. The van der Waals surface area contributed by atoms with Crippen LogP contribution in [-0.2, 0) is 19.4 Å². The molecule has 0 atom stereocenters. The summed E-state index contributed by atoms with van der Waals surface area (Å²) >= 11 is 1.84. The number of hydrogen-bond acceptors (Lipinski definition) is 4. The molecular formula is C18H28ClN3S. The lowest BCUT2D eigenvalue weighted by Gasteiger charge is -2.20. The van der Waals surface area contributed by atoms with Gasteiger partial charge in [-0.05, 0) is 17.9 Å². The Labute approximate surface area is 150 Å². The molecule has 0 unspecified atom stereocenters. The Bertz CT molecular complexity index is 542. The van der Waals surface area contributed by atoms with Crippen LogP contribution in [0.5, 0.6) is 0 Å². The van der Waals surface area contributed by atoms with Gasteiger partial charge in [-0.15, -0.1) is 23.7 Å². The molecule has 128 valence electrons. The smallest absolute Gasteiger partial charge is 0.0930 e. The van der Waals surface area contributed by atoms with Crippen molar-refractivity contribution in [3.63, 3.8) is 0 Å². The van der Waals surface area contributed by atoms with Crippen LogP contribution in [0.25, 0.3) is 0 Å². The van der Waals surface area contributed by atoms with Crippen LogP contribution >= 0.6 is 23.7 Å². The van der Waals surface area contributed by atoms with Crippen LogP contribution in [0.1, 0.15) is 29.3 Å². The normalized spacial score (nSPS) is 11.0. The van der Waals surface area contributed by atoms with E-state index in [1.807, 2.05) is 17.5 Å². The molecule has 0 saturated heterocycles. The van der Waals surface area contributed by atoms with E-state index >= 15 is 0 Å². The molecule has 1 aromatic heterocycles. The molecule has 0 saturated carbocycles. The SMILES string of the molecule is CC(C)Cc1ncc(CN(CCN)CCc2ccccc2)s1.Cl. The molecule has 0 aliphatic rings. The first kappa shape index (κ1) is 20.1. The van der Waals surface area contributed by atoms with Crippen molar-refractivity contribution in [3.8, 4) is 0 Å². The first-order valence-corrected chi connectivity index (χ1v) is 8.89. The van der Waals surface area contributed by atoms with Gasteiger partial charge < -0.3 is 5.73 Å². The first-order valence-electron chi connectivity index (χ1n) is 8.07. The highest BCUT2D eigenvalue weighted by Gasteiger charge is 2.09. The lowest BCUT2D eigenvalue weighted by atomic mass is 10.1. The van der Waals surface area contributed by atoms with E-state index in [1.165, 1.54) is 15.4 Å². The predicted molar refractivity (Wildman–Crippen MR) is 102 cm³/mol. The summed E-state index contributed by atoms with van der Waals surface area (Å²) in [4.78, 5) is 8.32. The van der Waals surface area contributed by atoms with Gasteiger partial charge in [-0.1, -0.05) is 44.2 Å². The molecule has 0 radical (unpaired) electrons. The molecule has 0 spiro atoms. The molecule has 5 heteroatoms. The third kappa shape index (κ3) is 7.44. The summed E-state index contributed by atoms with van der Waals surface area (Å²) in [6, 6.07) is 10.6. The van der Waals surface area contributed by atoms with Crippen molar-refractivity contribution in [3.05, 3.63) is 52.0 Å². The Morgan fingerprint density at radius 1 is 1.17 bits per heavy atom. The van der Waals surface area contributed by atoms with E-state index in [9.17, 15) is 0 Å². The monoisotopic (exact) mass is 353 g/mol. The number of thiazole rings is 1. The van der Waals surface area contributed by atoms with Gasteiger partial charge in [0.2, 0.25) is 0 Å². The molecule has 1 heterocycles. The maximum absolute atomic E-state index is 5.77. The van der Waals surface area contributed by atoms with Crippen molar-refractivity contribution in [1.82, 2.24) is 9.88 Å². The van der Waals surface area contributed by atoms with Crippen LogP contribution in [0.15, 0.2) is 36.5 Å². The standard InChI is InChI=1S/C18H27N3S.ClH/c1-15(2)12-18-20-13-17(22-18)14-21(11-9-19)10-8-16-6-4-3-5-7-16;/h3-7,13,15H,8-12,14,19H2,1-2H3;1H. The molecule has 2 rings (SSSR count). The fraction of sp³-hybridized carbons (Fsp3) is 0.500. The van der Waals surface area contributed by atoms with Crippen molar-refractivity contribution in [2.75, 3.05) is 19.6 Å². The topological polar surface area (TPSA) is 42.2 Å². The van der Waals surface area contributed by atoms with Crippen molar-refractivity contribution < 1.29 is 0 Å². The minimum absolute atomic E-state index is 0. The van der Waals surface area contributed by atoms with Gasteiger partial charge in [-0.2, -0.15) is 0 Å². The second-order valence-electron chi connectivity index (χ2n) is 6.12. The number of nitrogens with two attached hydrogens (primary N) is 1. The Hall–Kier alpha value is -0.940. The molecule has 1 aromatic carbocycles. The van der Waals surface area contributed by atoms with Gasteiger partial charge in [0.15, 0.2) is 0 Å². The highest BCUT2D eigenvalue weighted by atomic mass is 35.5. The largest absolute Gasteiger partial charge is 0.329 e. The van der Waals surface area contributed by atoms with Crippen molar-refractivity contribution in [2.24, 2.45) is 11.7 Å². The van der Waals surface area contributed by atoms with Gasteiger partial charge in [-0.3, -0.25) is 4.90 Å². The third-order valence-electron chi connectivity index (χ3n) is 3.57. The second kappa shape index (κ2) is 10.8. The lowest BCUT2D eigenvalue weighted by Crippen LogP contribution is -2.30. The molecular weight excluding hydrogens is 326 g/mol. The van der Waals surface area contributed by atoms with Gasteiger partial charge in [0.25, 0.3) is 0 Å². The van der Waals surface area contributed by atoms with E-state index in [2.05, 4.69) is 54.1 Å². The number of aromatic nitrogens is 1. The van der Waals surface area contributed by atoms with E-state index in [0.717, 1.165) is 32.5 Å². The number of rotatable bonds is 9. The van der Waals surface area contributed by atoms with Crippen LogP contribution < -0.4 is 5.73 Å². The minimum atomic E-state index is 0. The van der Waals surface area contributed by atoms with Gasteiger partial charge in [0, 0.05) is 43.7 Å². The number of halogens is 1. The molecule has 2 N–H and O–H groups in total. The third-order valence-corrected chi connectivity index (χ3v) is 4.57. The van der Waals surface area contributed by atoms with Gasteiger partial charge in [0.1, 0.15) is 0 Å². The van der Waals surface area contributed by atoms with Crippen LogP contribution in [0.3, 0.4) is 0 Å². The van der Waals surface area contributed by atoms with Gasteiger partial charge in [0.05, 0.1) is 5.01 Å². The summed E-state index contributed by atoms with van der Waals surface area (Å²) in [5, 5.41) is 1.25. The zero-order valence-electron chi connectivity index (χ0n) is 14.1. The fourth-order valence-corrected chi connectivity index (χ4v) is 3.65. The zero-order chi connectivity index (χ0) is 15.8. The Kier molecular flexibility index (Phi) is 9.41. The average Bonchev–Trinajstić information content (AvgIpc) is 2.92. The average molecular weight is 354 g/mol. The van der Waals surface area contributed by atoms with E-state index in [-0.39, 0.29) is 12.4 Å². The lowest BCUT2D eigenvalue weighted by molar-refractivity contribution is 0.278. The molecule has 0 amide bonds. The summed E-state index contributed by atoms with van der Waals surface area (Å²) in [5.74, 6) is 0.664. The number of hydrogen-bond donors (Lipinski definition) is 1. The van der Waals surface area contributed by atoms with E-state index in [1.54, 1.807) is 0 Å². The quantitative estimate of drug-likeness (QED) is 0.746. The van der Waals surface area contributed by atoms with Crippen LogP contribution in [0.2, 0.25) is 0 Å². The van der Waals surface area contributed by atoms with Crippen LogP contribution in [-0.4, -0.2) is 29.5 Å². The molecule has 3 nitrogen and oxygen atoms in total. The zero-order valence-corrected chi connectivity index (χ0v) is 15.7. The summed E-state index contributed by atoms with van der Waals surface area (Å²) in [6.45, 7) is 8.11. The van der Waals surface area contributed by atoms with Crippen molar-refractivity contribution in [1.29, 1.82) is 0 Å². The summed E-state index contributed by atoms with van der Waals surface area (Å²) < 4.78 is 0. The van der Waals surface area contributed by atoms with Crippen molar-refractivity contribution >= 4 is 23.7 Å². The summed E-state index contributed by atoms with van der Waals surface area (Å²) in [5.41, 5.74) is 7.15. The number of benzene rings is 1. The van der Waals surface area contributed by atoms with Crippen molar-refractivity contribution in [2.45, 2.75) is 33.2 Å². The van der Waals surface area contributed by atoms with Gasteiger partial charge in [-0.25, -0.2) is 4.98 Å². The van der Waals surface area contributed by atoms with E-state index in [4.69, 9.17) is 5.73 Å². The second-order valence-corrected chi connectivity index (χ2v) is 7.32. The number of nitrogens with zero attached hydrogens (tertiary/aromatic N) is 2.